The van der Waals surface area contributed by atoms with Crippen molar-refractivity contribution in [2.75, 3.05) is 0 Å². The number of nitrogens with two attached hydrogens (primary N) is 1. The molecule has 0 aliphatic rings. The van der Waals surface area contributed by atoms with Crippen LogP contribution < -0.4 is 5.73 Å². The largest absolute Gasteiger partial charge is 0.369 e. The zero-order valence-electron chi connectivity index (χ0n) is 11.2. The van der Waals surface area contributed by atoms with Gasteiger partial charge in [0, 0.05) is 5.92 Å². The summed E-state index contributed by atoms with van der Waals surface area (Å²) in [6, 6.07) is 0. The van der Waals surface area contributed by atoms with Crippen LogP contribution in [0.4, 0.5) is 0 Å². The molecule has 1 amide bonds. The Hall–Kier alpha value is -0.530. The van der Waals surface area contributed by atoms with Crippen molar-refractivity contribution < 1.29 is 4.79 Å². The molecule has 0 bridgehead atoms. The van der Waals surface area contributed by atoms with Crippen molar-refractivity contribution in [3.63, 3.8) is 0 Å². The molecule has 0 aromatic rings. The Balaban J connectivity index is 4.88. The molecule has 0 aromatic carbocycles. The number of carbonyl (C=O) groups excluding carboxylic acids is 1. The smallest absolute Gasteiger partial charge is 0.221 e. The predicted octanol–water partition coefficient (Wildman–Crippen LogP) is 3.35. The van der Waals surface area contributed by atoms with Crippen LogP contribution in [0.15, 0.2) is 0 Å². The van der Waals surface area contributed by atoms with Crippen molar-refractivity contribution in [2.24, 2.45) is 22.5 Å². The zero-order valence-corrected chi connectivity index (χ0v) is 11.2. The number of hydrogen-bond acceptors (Lipinski definition) is 1. The lowest BCUT2D eigenvalue weighted by molar-refractivity contribution is -0.127. The third kappa shape index (κ3) is 4.23. The molecule has 0 radical (unpaired) electrons. The van der Waals surface area contributed by atoms with Crippen LogP contribution in [0.2, 0.25) is 0 Å². The predicted molar refractivity (Wildman–Crippen MR) is 65.4 cm³/mol. The average Bonchev–Trinajstić information content (AvgIpc) is 2.11. The summed E-state index contributed by atoms with van der Waals surface area (Å²) < 4.78 is 0. The van der Waals surface area contributed by atoms with Gasteiger partial charge in [-0.2, -0.15) is 0 Å². The molecular weight excluding hydrogens is 186 g/mol. The van der Waals surface area contributed by atoms with Crippen molar-refractivity contribution in [1.29, 1.82) is 0 Å². The summed E-state index contributed by atoms with van der Waals surface area (Å²) in [4.78, 5) is 11.6. The second-order valence-electron chi connectivity index (χ2n) is 6.08. The summed E-state index contributed by atoms with van der Waals surface area (Å²) in [5, 5.41) is 0. The molecule has 0 spiro atoms. The quantitative estimate of drug-likeness (QED) is 0.747. The summed E-state index contributed by atoms with van der Waals surface area (Å²) >= 11 is 0. The van der Waals surface area contributed by atoms with E-state index in [9.17, 15) is 4.79 Å². The third-order valence-corrected chi connectivity index (χ3v) is 3.62. The Morgan fingerprint density at radius 2 is 1.53 bits per heavy atom. The Morgan fingerprint density at radius 3 is 1.73 bits per heavy atom. The van der Waals surface area contributed by atoms with E-state index in [2.05, 4.69) is 41.5 Å². The van der Waals surface area contributed by atoms with Crippen molar-refractivity contribution in [3.8, 4) is 0 Å². The summed E-state index contributed by atoms with van der Waals surface area (Å²) in [6.45, 7) is 12.9. The molecule has 2 nitrogen and oxygen atoms in total. The van der Waals surface area contributed by atoms with Crippen LogP contribution in [0, 0.1) is 16.7 Å². The van der Waals surface area contributed by atoms with Crippen LogP contribution in [0.5, 0.6) is 0 Å². The Bertz CT molecular complexity index is 211. The lowest BCUT2D eigenvalue weighted by Crippen LogP contribution is -2.39. The fraction of sp³-hybridized carbons (Fsp3) is 0.923. The molecule has 0 saturated heterocycles. The first-order valence-corrected chi connectivity index (χ1v) is 5.95. The molecule has 0 fully saturated rings. The van der Waals surface area contributed by atoms with Gasteiger partial charge in [0.15, 0.2) is 0 Å². The molecule has 1 atom stereocenters. The maximum absolute atomic E-state index is 11.6. The minimum atomic E-state index is -0.142. The molecule has 0 aromatic heterocycles. The molecule has 0 saturated carbocycles. The van der Waals surface area contributed by atoms with Crippen molar-refractivity contribution in [2.45, 2.75) is 60.8 Å². The highest BCUT2D eigenvalue weighted by atomic mass is 16.1. The summed E-state index contributed by atoms with van der Waals surface area (Å²) in [7, 11) is 0. The van der Waals surface area contributed by atoms with E-state index in [-0.39, 0.29) is 22.7 Å². The van der Waals surface area contributed by atoms with Gasteiger partial charge >= 0.3 is 0 Å². The first-order valence-electron chi connectivity index (χ1n) is 5.95. The Labute approximate surface area is 94.6 Å². The lowest BCUT2D eigenvalue weighted by atomic mass is 9.67. The van der Waals surface area contributed by atoms with E-state index in [1.54, 1.807) is 0 Å². The number of hydrogen-bond donors (Lipinski definition) is 1. The normalized spacial score (nSPS) is 15.1. The SMILES string of the molecule is CCC(C)(CC)C(CC(C)(C)C)C(N)=O. The standard InChI is InChI=1S/C13H27NO/c1-7-13(6,8-2)10(11(14)15)9-12(3,4)5/h10H,7-9H2,1-6H3,(H2,14,15). The first kappa shape index (κ1) is 14.5. The molecule has 0 aliphatic heterocycles. The molecule has 0 aliphatic carbocycles. The van der Waals surface area contributed by atoms with Crippen molar-refractivity contribution >= 4 is 5.91 Å². The molecule has 2 N–H and O–H groups in total. The van der Waals surface area contributed by atoms with Crippen LogP contribution in [0.3, 0.4) is 0 Å². The summed E-state index contributed by atoms with van der Waals surface area (Å²) in [6.07, 6.45) is 2.89. The monoisotopic (exact) mass is 213 g/mol. The first-order chi connectivity index (χ1) is 6.66. The van der Waals surface area contributed by atoms with Crippen molar-refractivity contribution in [1.82, 2.24) is 0 Å². The van der Waals surface area contributed by atoms with Gasteiger partial charge in [-0.3, -0.25) is 4.79 Å². The van der Waals surface area contributed by atoms with E-state index < -0.39 is 0 Å². The zero-order chi connectivity index (χ0) is 12.3. The molecule has 90 valence electrons. The third-order valence-electron chi connectivity index (χ3n) is 3.62. The van der Waals surface area contributed by atoms with Crippen LogP contribution >= 0.6 is 0 Å². The molecular formula is C13H27NO. The minimum Gasteiger partial charge on any atom is -0.369 e. The number of rotatable bonds is 5. The van der Waals surface area contributed by atoms with E-state index in [4.69, 9.17) is 5.73 Å². The maximum atomic E-state index is 11.6. The van der Waals surface area contributed by atoms with Crippen LogP contribution in [-0.4, -0.2) is 5.91 Å². The Morgan fingerprint density at radius 1 is 1.13 bits per heavy atom. The van der Waals surface area contributed by atoms with E-state index >= 15 is 0 Å². The van der Waals surface area contributed by atoms with Gasteiger partial charge < -0.3 is 5.73 Å². The highest BCUT2D eigenvalue weighted by Gasteiger charge is 2.37. The van der Waals surface area contributed by atoms with Gasteiger partial charge in [-0.25, -0.2) is 0 Å². The second kappa shape index (κ2) is 5.00. The number of carbonyl (C=O) groups is 1. The van der Waals surface area contributed by atoms with E-state index in [1.165, 1.54) is 0 Å². The minimum absolute atomic E-state index is 0.00694. The van der Waals surface area contributed by atoms with Gasteiger partial charge in [-0.05, 0) is 30.1 Å². The summed E-state index contributed by atoms with van der Waals surface area (Å²) in [5.74, 6) is -0.149. The Kier molecular flexibility index (Phi) is 4.82. The second-order valence-corrected chi connectivity index (χ2v) is 6.08. The molecule has 1 unspecified atom stereocenters. The van der Waals surface area contributed by atoms with E-state index in [0.717, 1.165) is 19.3 Å². The number of primary amides is 1. The van der Waals surface area contributed by atoms with E-state index in [1.807, 2.05) is 0 Å². The molecule has 15 heavy (non-hydrogen) atoms. The van der Waals surface area contributed by atoms with Gasteiger partial charge in [0.25, 0.3) is 0 Å². The molecule has 0 heterocycles. The fourth-order valence-electron chi connectivity index (χ4n) is 2.05. The van der Waals surface area contributed by atoms with Gasteiger partial charge in [-0.1, -0.05) is 41.5 Å². The average molecular weight is 213 g/mol. The highest BCUT2D eigenvalue weighted by molar-refractivity contribution is 5.77. The van der Waals surface area contributed by atoms with Crippen LogP contribution in [0.25, 0.3) is 0 Å². The van der Waals surface area contributed by atoms with Crippen molar-refractivity contribution in [3.05, 3.63) is 0 Å². The lowest BCUT2D eigenvalue weighted by Gasteiger charge is -2.37. The van der Waals surface area contributed by atoms with Gasteiger partial charge in [0.2, 0.25) is 5.91 Å². The molecule has 0 rings (SSSR count). The number of amides is 1. The fourth-order valence-corrected chi connectivity index (χ4v) is 2.05. The van der Waals surface area contributed by atoms with Gasteiger partial charge in [-0.15, -0.1) is 0 Å². The van der Waals surface area contributed by atoms with Crippen LogP contribution in [-0.2, 0) is 4.79 Å². The van der Waals surface area contributed by atoms with E-state index in [0.29, 0.717) is 0 Å². The summed E-state index contributed by atoms with van der Waals surface area (Å²) in [5.41, 5.74) is 5.75. The van der Waals surface area contributed by atoms with Gasteiger partial charge in [0.1, 0.15) is 0 Å². The van der Waals surface area contributed by atoms with Gasteiger partial charge in [0.05, 0.1) is 0 Å². The topological polar surface area (TPSA) is 43.1 Å². The maximum Gasteiger partial charge on any atom is 0.221 e. The molecule has 2 heteroatoms. The van der Waals surface area contributed by atoms with Crippen LogP contribution in [0.1, 0.15) is 60.8 Å². The highest BCUT2D eigenvalue weighted by Crippen LogP contribution is 2.41.